The average molecular weight is 174 g/mol. The van der Waals surface area contributed by atoms with E-state index in [4.69, 9.17) is 0 Å². The summed E-state index contributed by atoms with van der Waals surface area (Å²) < 4.78 is 0. The van der Waals surface area contributed by atoms with Gasteiger partial charge in [0.1, 0.15) is 0 Å². The van der Waals surface area contributed by atoms with Crippen LogP contribution in [0.25, 0.3) is 0 Å². The van der Waals surface area contributed by atoms with Crippen molar-refractivity contribution in [3.8, 4) is 0 Å². The Hall–Kier alpha value is 0. The summed E-state index contributed by atoms with van der Waals surface area (Å²) >= 11 is 0. The highest BCUT2D eigenvalue weighted by Crippen LogP contribution is 2.94. The van der Waals surface area contributed by atoms with Crippen LogP contribution in [-0.2, 0) is 0 Å². The van der Waals surface area contributed by atoms with E-state index in [-0.39, 0.29) is 0 Å². The van der Waals surface area contributed by atoms with Crippen molar-refractivity contribution in [2.24, 2.45) is 40.4 Å². The van der Waals surface area contributed by atoms with Gasteiger partial charge in [0, 0.05) is 0 Å². The van der Waals surface area contributed by atoms with Gasteiger partial charge in [0.25, 0.3) is 0 Å². The maximum absolute atomic E-state index is 2.66. The summed E-state index contributed by atoms with van der Waals surface area (Å²) in [6.07, 6.45) is 8.13. The second-order valence-electron chi connectivity index (χ2n) is 6.88. The Balaban J connectivity index is 1.79. The van der Waals surface area contributed by atoms with E-state index in [2.05, 4.69) is 6.92 Å². The first-order valence-electron chi connectivity index (χ1n) is 6.28. The monoisotopic (exact) mass is 174 g/mol. The van der Waals surface area contributed by atoms with Crippen molar-refractivity contribution >= 4 is 0 Å². The van der Waals surface area contributed by atoms with Crippen LogP contribution in [0.4, 0.5) is 0 Å². The zero-order valence-electron chi connectivity index (χ0n) is 8.42. The molecule has 13 heavy (non-hydrogen) atoms. The molecule has 7 unspecified atom stereocenters. The molecule has 0 aromatic rings. The van der Waals surface area contributed by atoms with Crippen molar-refractivity contribution in [1.29, 1.82) is 0 Å². The van der Waals surface area contributed by atoms with Crippen molar-refractivity contribution in [2.45, 2.75) is 39.0 Å². The fraction of sp³-hybridized carbons (Fsp3) is 1.00. The zero-order chi connectivity index (χ0) is 8.42. The lowest BCUT2D eigenvalue weighted by Crippen LogP contribution is -2.78. The second kappa shape index (κ2) is 1.42. The number of rotatable bonds is 0. The quantitative estimate of drug-likeness (QED) is 0.529. The molecule has 0 aromatic heterocycles. The Bertz CT molecular complexity index is 320. The minimum absolute atomic E-state index is 0.867. The molecule has 5 rings (SSSR count). The molecule has 5 aliphatic carbocycles. The highest BCUT2D eigenvalue weighted by molar-refractivity contribution is 5.35. The summed E-state index contributed by atoms with van der Waals surface area (Å²) in [7, 11) is 0. The van der Waals surface area contributed by atoms with Crippen molar-refractivity contribution in [1.82, 2.24) is 0 Å². The lowest BCUT2D eigenvalue weighted by Gasteiger charge is -2.83. The van der Waals surface area contributed by atoms with Crippen LogP contribution < -0.4 is 0 Å². The van der Waals surface area contributed by atoms with Crippen LogP contribution in [0.1, 0.15) is 39.0 Å². The van der Waals surface area contributed by atoms with Gasteiger partial charge < -0.3 is 0 Å². The van der Waals surface area contributed by atoms with E-state index < -0.39 is 0 Å². The molecule has 0 aliphatic heterocycles. The van der Waals surface area contributed by atoms with E-state index in [0.29, 0.717) is 0 Å². The fourth-order valence-electron chi connectivity index (χ4n) is 7.34. The predicted octanol–water partition coefficient (Wildman–Crippen LogP) is 3.08. The van der Waals surface area contributed by atoms with Crippen LogP contribution in [0.2, 0.25) is 0 Å². The maximum atomic E-state index is 2.66. The molecule has 5 saturated carbocycles. The van der Waals surface area contributed by atoms with Crippen molar-refractivity contribution in [2.75, 3.05) is 0 Å². The third kappa shape index (κ3) is 0.345. The Kier molecular flexibility index (Phi) is 0.707. The first-order chi connectivity index (χ1) is 6.28. The molecule has 0 aromatic carbocycles. The lowest BCUT2D eigenvalue weighted by molar-refractivity contribution is -0.354. The number of fused-ring (bicyclic) bond motifs is 3. The Labute approximate surface area is 80.1 Å². The van der Waals surface area contributed by atoms with Gasteiger partial charge in [-0.25, -0.2) is 0 Å². The van der Waals surface area contributed by atoms with Gasteiger partial charge in [-0.05, 0) is 72.5 Å². The van der Waals surface area contributed by atoms with Gasteiger partial charge in [-0.3, -0.25) is 0 Å². The molecule has 1 spiro atoms. The van der Waals surface area contributed by atoms with Gasteiger partial charge in [-0.2, -0.15) is 0 Å². The zero-order valence-corrected chi connectivity index (χ0v) is 8.42. The molecular formula is C13H18. The molecule has 0 radical (unpaired) electrons. The third-order valence-corrected chi connectivity index (χ3v) is 7.38. The summed E-state index contributed by atoms with van der Waals surface area (Å²) in [5, 5.41) is 0. The van der Waals surface area contributed by atoms with Crippen LogP contribution >= 0.6 is 0 Å². The minimum Gasteiger partial charge on any atom is -0.0588 e. The van der Waals surface area contributed by atoms with Crippen LogP contribution in [0.15, 0.2) is 0 Å². The first kappa shape index (κ1) is 6.48. The minimum atomic E-state index is 0.867. The fourth-order valence-corrected chi connectivity index (χ4v) is 7.34. The average Bonchev–Trinajstić information content (AvgIpc) is 2.25. The van der Waals surface area contributed by atoms with Gasteiger partial charge in [-0.15, -0.1) is 0 Å². The van der Waals surface area contributed by atoms with E-state index in [0.717, 1.165) is 10.8 Å². The normalized spacial score (nSPS) is 80.5. The summed E-state index contributed by atoms with van der Waals surface area (Å²) in [6, 6.07) is 0. The van der Waals surface area contributed by atoms with E-state index in [1.165, 1.54) is 29.6 Å². The Morgan fingerprint density at radius 1 is 1.00 bits per heavy atom. The highest BCUT2D eigenvalue weighted by Gasteiger charge is 2.88. The molecule has 0 N–H and O–H groups in total. The standard InChI is InChI=1S/C13H18/c1-12-6-7-2-3-9(12)11-5-8-4-10(7)13(8,11)12/h7-11H,2-6H2,1H3. The second-order valence-corrected chi connectivity index (χ2v) is 6.88. The van der Waals surface area contributed by atoms with Crippen LogP contribution in [0.5, 0.6) is 0 Å². The number of hydrogen-bond donors (Lipinski definition) is 0. The molecular weight excluding hydrogens is 156 g/mol. The lowest BCUT2D eigenvalue weighted by atomic mass is 9.21. The molecule has 5 aliphatic rings. The smallest absolute Gasteiger partial charge is 0.0150 e. The first-order valence-corrected chi connectivity index (χ1v) is 6.28. The molecule has 0 heterocycles. The van der Waals surface area contributed by atoms with E-state index in [1.807, 2.05) is 0 Å². The largest absolute Gasteiger partial charge is 0.0588 e. The molecule has 0 amide bonds. The van der Waals surface area contributed by atoms with Crippen molar-refractivity contribution in [3.05, 3.63) is 0 Å². The van der Waals surface area contributed by atoms with Crippen molar-refractivity contribution in [3.63, 3.8) is 0 Å². The van der Waals surface area contributed by atoms with Crippen LogP contribution in [0, 0.1) is 40.4 Å². The van der Waals surface area contributed by atoms with E-state index in [1.54, 1.807) is 32.1 Å². The SMILES string of the molecule is CC12CC3CCC1C1CC4CC3C412. The van der Waals surface area contributed by atoms with Crippen LogP contribution in [-0.4, -0.2) is 0 Å². The van der Waals surface area contributed by atoms with E-state index >= 15 is 0 Å². The molecule has 2 bridgehead atoms. The highest BCUT2D eigenvalue weighted by atomic mass is 14.9. The summed E-state index contributed by atoms with van der Waals surface area (Å²) in [5.41, 5.74) is 1.84. The molecule has 5 fully saturated rings. The maximum Gasteiger partial charge on any atom is -0.0150 e. The van der Waals surface area contributed by atoms with Gasteiger partial charge in [-0.1, -0.05) is 6.92 Å². The molecule has 70 valence electrons. The molecule has 0 heteroatoms. The summed E-state index contributed by atoms with van der Waals surface area (Å²) in [6.45, 7) is 2.66. The van der Waals surface area contributed by atoms with Crippen LogP contribution in [0.3, 0.4) is 0 Å². The molecule has 7 atom stereocenters. The van der Waals surface area contributed by atoms with Gasteiger partial charge >= 0.3 is 0 Å². The van der Waals surface area contributed by atoms with E-state index in [9.17, 15) is 0 Å². The molecule has 0 nitrogen and oxygen atoms in total. The Morgan fingerprint density at radius 2 is 1.85 bits per heavy atom. The third-order valence-electron chi connectivity index (χ3n) is 7.38. The van der Waals surface area contributed by atoms with Gasteiger partial charge in [0.2, 0.25) is 0 Å². The molecule has 0 saturated heterocycles. The Morgan fingerprint density at radius 3 is 2.69 bits per heavy atom. The van der Waals surface area contributed by atoms with Gasteiger partial charge in [0.15, 0.2) is 0 Å². The van der Waals surface area contributed by atoms with Gasteiger partial charge in [0.05, 0.1) is 0 Å². The summed E-state index contributed by atoms with van der Waals surface area (Å²) in [4.78, 5) is 0. The number of hydrogen-bond acceptors (Lipinski definition) is 0. The summed E-state index contributed by atoms with van der Waals surface area (Å²) in [5.74, 6) is 6.04. The van der Waals surface area contributed by atoms with Crippen molar-refractivity contribution < 1.29 is 0 Å². The topological polar surface area (TPSA) is 0 Å². The predicted molar refractivity (Wildman–Crippen MR) is 51.1 cm³/mol.